The van der Waals surface area contributed by atoms with E-state index < -0.39 is 20.3 Å². The van der Waals surface area contributed by atoms with Gasteiger partial charge >= 0.3 is 14.2 Å². The summed E-state index contributed by atoms with van der Waals surface area (Å²) >= 11 is 0. The molecule has 0 saturated heterocycles. The first-order valence-electron chi connectivity index (χ1n) is 8.16. The predicted octanol–water partition coefficient (Wildman–Crippen LogP) is 4.43. The Morgan fingerprint density at radius 2 is 1.79 bits per heavy atom. The van der Waals surface area contributed by atoms with Crippen LogP contribution in [0, 0.1) is 6.92 Å². The lowest BCUT2D eigenvalue weighted by Crippen LogP contribution is -2.26. The smallest absolute Gasteiger partial charge is 0.489 e. The minimum atomic E-state index is -3.08. The molecule has 5 nitrogen and oxygen atoms in total. The van der Waals surface area contributed by atoms with Gasteiger partial charge in [0.05, 0.1) is 0 Å². The predicted molar refractivity (Wildman–Crippen MR) is 94.2 cm³/mol. The summed E-state index contributed by atoms with van der Waals surface area (Å²) < 4.78 is 20.2. The van der Waals surface area contributed by atoms with Crippen LogP contribution in [0.5, 0.6) is 5.75 Å². The second-order valence-corrected chi connectivity index (χ2v) is 7.30. The zero-order chi connectivity index (χ0) is 18.9. The summed E-state index contributed by atoms with van der Waals surface area (Å²) in [5.74, 6) is -0.306. The molecule has 0 aromatic heterocycles. The molecule has 0 aliphatic carbocycles. The van der Waals surface area contributed by atoms with E-state index >= 15 is 0 Å². The van der Waals surface area contributed by atoms with E-state index in [1.807, 2.05) is 39.8 Å². The van der Waals surface area contributed by atoms with Crippen molar-refractivity contribution in [3.05, 3.63) is 29.3 Å². The van der Waals surface area contributed by atoms with Crippen LogP contribution < -0.4 is 9.63 Å². The number of carbonyl (C=O) groups is 1. The molecule has 0 amide bonds. The summed E-state index contributed by atoms with van der Waals surface area (Å²) in [5.41, 5.74) is 1.62. The van der Waals surface area contributed by atoms with Gasteiger partial charge < -0.3 is 9.63 Å². The number of rotatable bonds is 5. The summed E-state index contributed by atoms with van der Waals surface area (Å²) in [6.45, 7) is 13.6. The van der Waals surface area contributed by atoms with Gasteiger partial charge in [-0.05, 0) is 35.5 Å². The Bertz CT molecular complexity index is 547. The Balaban J connectivity index is 0.00000118. The van der Waals surface area contributed by atoms with Crippen LogP contribution in [0.2, 0.25) is 0 Å². The highest BCUT2D eigenvalue weighted by atomic mass is 31.1. The largest absolute Gasteiger partial charge is 0.566 e. The molecule has 0 heterocycles. The van der Waals surface area contributed by atoms with Crippen molar-refractivity contribution in [3.8, 4) is 5.75 Å². The zero-order valence-electron chi connectivity index (χ0n) is 15.7. The lowest BCUT2D eigenvalue weighted by atomic mass is 9.86. The van der Waals surface area contributed by atoms with E-state index in [1.54, 1.807) is 6.07 Å². The second kappa shape index (κ2) is 10.5. The van der Waals surface area contributed by atoms with Gasteiger partial charge in [-0.1, -0.05) is 59.6 Å². The van der Waals surface area contributed by atoms with Crippen molar-refractivity contribution >= 4 is 14.2 Å². The van der Waals surface area contributed by atoms with Gasteiger partial charge in [0, 0.05) is 5.56 Å². The number of esters is 1. The van der Waals surface area contributed by atoms with Crippen LogP contribution in [0.1, 0.15) is 65.5 Å². The summed E-state index contributed by atoms with van der Waals surface area (Å²) in [7, 11) is -3.08. The van der Waals surface area contributed by atoms with E-state index in [4.69, 9.17) is 4.74 Å². The number of unbranched alkanes of at least 4 members (excludes halogenated alkanes) is 1. The molecule has 0 aliphatic heterocycles. The normalized spacial score (nSPS) is 12.8. The second-order valence-electron chi connectivity index (χ2n) is 6.64. The topological polar surface area (TPSA) is 75.7 Å². The molecule has 136 valence electrons. The van der Waals surface area contributed by atoms with E-state index in [0.29, 0.717) is 5.75 Å². The molecule has 1 aromatic carbocycles. The maximum atomic E-state index is 11.8. The highest BCUT2D eigenvalue weighted by molar-refractivity contribution is 7.30. The summed E-state index contributed by atoms with van der Waals surface area (Å²) in [6.07, 6.45) is 1.48. The van der Waals surface area contributed by atoms with Crippen LogP contribution in [-0.4, -0.2) is 12.1 Å². The van der Waals surface area contributed by atoms with Crippen LogP contribution in [0.3, 0.4) is 0 Å². The minimum Gasteiger partial charge on any atom is -0.566 e. The molecule has 0 N–H and O–H groups in total. The van der Waals surface area contributed by atoms with Crippen molar-refractivity contribution in [1.29, 1.82) is 0 Å². The fourth-order valence-corrected chi connectivity index (χ4v) is 2.04. The lowest BCUT2D eigenvalue weighted by molar-refractivity contribution is -0.191. The SMILES string of the molecule is CCCC.Cc1ccc(C(C)(C)C)c(OC(=O)C(C)O[P+](=O)[O-])c1. The van der Waals surface area contributed by atoms with Gasteiger partial charge in [0.1, 0.15) is 5.75 Å². The summed E-state index contributed by atoms with van der Waals surface area (Å²) in [6, 6.07) is 5.59. The monoisotopic (exact) mass is 356 g/mol. The van der Waals surface area contributed by atoms with Gasteiger partial charge in [-0.3, -0.25) is 0 Å². The van der Waals surface area contributed by atoms with Crippen molar-refractivity contribution in [1.82, 2.24) is 0 Å². The zero-order valence-corrected chi connectivity index (χ0v) is 16.6. The lowest BCUT2D eigenvalue weighted by Gasteiger charge is -2.22. The van der Waals surface area contributed by atoms with Crippen molar-refractivity contribution in [3.63, 3.8) is 0 Å². The van der Waals surface area contributed by atoms with E-state index in [2.05, 4.69) is 18.4 Å². The average Bonchev–Trinajstić information content (AvgIpc) is 2.45. The van der Waals surface area contributed by atoms with Gasteiger partial charge in [0.25, 0.3) is 0 Å². The molecule has 0 fully saturated rings. The average molecular weight is 356 g/mol. The maximum Gasteiger partial charge on any atom is 0.489 e. The van der Waals surface area contributed by atoms with Gasteiger partial charge in [-0.15, -0.1) is 4.52 Å². The van der Waals surface area contributed by atoms with Crippen LogP contribution in [-0.2, 0) is 19.3 Å². The highest BCUT2D eigenvalue weighted by Crippen LogP contribution is 2.32. The number of benzene rings is 1. The summed E-state index contributed by atoms with van der Waals surface area (Å²) in [4.78, 5) is 22.3. The Morgan fingerprint density at radius 1 is 1.25 bits per heavy atom. The third-order valence-corrected chi connectivity index (χ3v) is 3.72. The van der Waals surface area contributed by atoms with Gasteiger partial charge in [-0.2, -0.15) is 0 Å². The van der Waals surface area contributed by atoms with Crippen molar-refractivity contribution in [2.24, 2.45) is 0 Å². The third-order valence-electron chi connectivity index (χ3n) is 3.23. The molecule has 24 heavy (non-hydrogen) atoms. The molecule has 1 rings (SSSR count). The van der Waals surface area contributed by atoms with E-state index in [0.717, 1.165) is 11.1 Å². The van der Waals surface area contributed by atoms with Gasteiger partial charge in [-0.25, -0.2) is 4.79 Å². The molecule has 2 unspecified atom stereocenters. The molecule has 6 heteroatoms. The third kappa shape index (κ3) is 8.53. The number of ether oxygens (including phenoxy) is 1. The van der Waals surface area contributed by atoms with Crippen LogP contribution in [0.15, 0.2) is 18.2 Å². The molecular formula is C18H29O5P. The van der Waals surface area contributed by atoms with E-state index in [9.17, 15) is 14.3 Å². The number of hydrogen-bond acceptors (Lipinski definition) is 5. The van der Waals surface area contributed by atoms with Gasteiger partial charge in [0.15, 0.2) is 0 Å². The van der Waals surface area contributed by atoms with E-state index in [-0.39, 0.29) is 5.41 Å². The number of hydrogen-bond donors (Lipinski definition) is 0. The quantitative estimate of drug-likeness (QED) is 0.443. The van der Waals surface area contributed by atoms with Crippen LogP contribution in [0.4, 0.5) is 0 Å². The highest BCUT2D eigenvalue weighted by Gasteiger charge is 2.26. The van der Waals surface area contributed by atoms with Crippen molar-refractivity contribution < 1.29 is 23.5 Å². The first-order chi connectivity index (χ1) is 11.0. The molecule has 0 saturated carbocycles. The van der Waals surface area contributed by atoms with Crippen LogP contribution in [0.25, 0.3) is 0 Å². The molecule has 0 bridgehead atoms. The Hall–Kier alpha value is -1.29. The Morgan fingerprint density at radius 3 is 2.21 bits per heavy atom. The molecular weight excluding hydrogens is 327 g/mol. The fourth-order valence-electron chi connectivity index (χ4n) is 1.70. The Labute approximate surface area is 146 Å². The van der Waals surface area contributed by atoms with Crippen LogP contribution >= 0.6 is 8.25 Å². The minimum absolute atomic E-state index is 0.197. The molecule has 0 spiro atoms. The first-order valence-corrected chi connectivity index (χ1v) is 9.26. The molecule has 0 radical (unpaired) electrons. The maximum absolute atomic E-state index is 11.8. The first kappa shape index (κ1) is 22.7. The summed E-state index contributed by atoms with van der Waals surface area (Å²) in [5, 5.41) is 0. The van der Waals surface area contributed by atoms with Crippen molar-refractivity contribution in [2.75, 3.05) is 0 Å². The number of aryl methyl sites for hydroxylation is 1. The van der Waals surface area contributed by atoms with E-state index in [1.165, 1.54) is 19.8 Å². The fraction of sp³-hybridized carbons (Fsp3) is 0.611. The molecule has 2 atom stereocenters. The molecule has 0 aliphatic rings. The van der Waals surface area contributed by atoms with Gasteiger partial charge in [0.2, 0.25) is 6.10 Å². The van der Waals surface area contributed by atoms with Crippen molar-refractivity contribution in [2.45, 2.75) is 72.8 Å². The standard InChI is InChI=1S/C14H19O5P.C4H10/c1-9-6-7-11(14(3,4)5)12(8-9)18-13(15)10(2)19-20(16)17;1-3-4-2/h6-8,10H,1-5H3;3-4H2,1-2H3. The number of carbonyl (C=O) groups excluding carboxylic acids is 1. The molecule has 1 aromatic rings. The Kier molecular flexibility index (Phi) is 9.98.